The minimum Gasteiger partial charge on any atom is -0.367 e. The number of halogens is 1. The molecule has 5 nitrogen and oxygen atoms in total. The van der Waals surface area contributed by atoms with Crippen molar-refractivity contribution in [2.75, 3.05) is 13.1 Å². The van der Waals surface area contributed by atoms with Crippen LogP contribution in [0.25, 0.3) is 5.70 Å². The summed E-state index contributed by atoms with van der Waals surface area (Å²) in [7, 11) is 0. The second-order valence-electron chi connectivity index (χ2n) is 6.74. The standard InChI is InChI=1S/C20H22ClN5/c1-14-4-2-6-17(15-7-9-22-12-15)25-20-18(14)23-10-11-26(20)13-16-5-3-8-24-19(16)21/h3,5-9,12,14,22H,2,4,10-11,13H2,1H3/b17-6-,25-20?. The lowest BCUT2D eigenvalue weighted by atomic mass is 9.95. The van der Waals surface area contributed by atoms with Gasteiger partial charge in [0.25, 0.3) is 0 Å². The zero-order valence-corrected chi connectivity index (χ0v) is 15.6. The quantitative estimate of drug-likeness (QED) is 0.827. The predicted molar refractivity (Wildman–Crippen MR) is 107 cm³/mol. The van der Waals surface area contributed by atoms with Crippen molar-refractivity contribution in [1.29, 1.82) is 0 Å². The molecule has 2 aromatic rings. The highest BCUT2D eigenvalue weighted by Crippen LogP contribution is 2.26. The van der Waals surface area contributed by atoms with Gasteiger partial charge in [0.1, 0.15) is 5.15 Å². The Morgan fingerprint density at radius 1 is 1.35 bits per heavy atom. The minimum absolute atomic E-state index is 0.393. The number of nitrogens with one attached hydrogen (secondary N) is 1. The highest BCUT2D eigenvalue weighted by molar-refractivity contribution is 6.43. The van der Waals surface area contributed by atoms with Crippen molar-refractivity contribution < 1.29 is 0 Å². The van der Waals surface area contributed by atoms with Crippen LogP contribution < -0.4 is 0 Å². The Morgan fingerprint density at radius 2 is 2.27 bits per heavy atom. The van der Waals surface area contributed by atoms with Gasteiger partial charge in [-0.1, -0.05) is 30.7 Å². The molecular formula is C20H22ClN5. The predicted octanol–water partition coefficient (Wildman–Crippen LogP) is 4.19. The molecule has 0 saturated heterocycles. The number of amidine groups is 1. The molecule has 134 valence electrons. The van der Waals surface area contributed by atoms with Crippen molar-refractivity contribution in [2.24, 2.45) is 15.9 Å². The van der Waals surface area contributed by atoms with Gasteiger partial charge < -0.3 is 9.88 Å². The molecule has 6 heteroatoms. The molecule has 0 spiro atoms. The fourth-order valence-corrected chi connectivity index (χ4v) is 3.64. The molecule has 2 aromatic heterocycles. The van der Waals surface area contributed by atoms with Gasteiger partial charge in [-0.3, -0.25) is 4.99 Å². The van der Waals surface area contributed by atoms with Crippen LogP contribution in [0.4, 0.5) is 0 Å². The maximum Gasteiger partial charge on any atom is 0.151 e. The van der Waals surface area contributed by atoms with E-state index in [1.165, 1.54) is 0 Å². The molecule has 0 aliphatic carbocycles. The summed E-state index contributed by atoms with van der Waals surface area (Å²) < 4.78 is 0. The molecule has 0 saturated carbocycles. The smallest absolute Gasteiger partial charge is 0.151 e. The SMILES string of the molecule is CC1CC/C=C(/c2cc[nH]c2)N=C2C1=NCCN2Cc1cccnc1Cl. The van der Waals surface area contributed by atoms with Crippen LogP contribution in [-0.2, 0) is 6.54 Å². The largest absolute Gasteiger partial charge is 0.367 e. The van der Waals surface area contributed by atoms with Gasteiger partial charge in [0.05, 0.1) is 18.0 Å². The number of aromatic amines is 1. The monoisotopic (exact) mass is 367 g/mol. The normalized spacial score (nSPS) is 22.5. The molecule has 1 unspecified atom stereocenters. The van der Waals surface area contributed by atoms with E-state index in [2.05, 4.69) is 33.9 Å². The van der Waals surface area contributed by atoms with E-state index in [-0.39, 0.29) is 0 Å². The van der Waals surface area contributed by atoms with E-state index in [1.807, 2.05) is 24.5 Å². The summed E-state index contributed by atoms with van der Waals surface area (Å²) in [6.45, 7) is 4.56. The molecule has 4 heterocycles. The van der Waals surface area contributed by atoms with E-state index in [4.69, 9.17) is 21.6 Å². The molecule has 2 aliphatic heterocycles. The third-order valence-corrected chi connectivity index (χ3v) is 5.24. The van der Waals surface area contributed by atoms with E-state index in [0.29, 0.717) is 17.6 Å². The Balaban J connectivity index is 1.73. The zero-order valence-electron chi connectivity index (χ0n) is 14.8. The number of hydrogen-bond acceptors (Lipinski definition) is 4. The van der Waals surface area contributed by atoms with Crippen molar-refractivity contribution in [3.05, 3.63) is 59.1 Å². The molecular weight excluding hydrogens is 346 g/mol. The van der Waals surface area contributed by atoms with Crippen molar-refractivity contribution in [2.45, 2.75) is 26.3 Å². The first-order valence-electron chi connectivity index (χ1n) is 9.03. The van der Waals surface area contributed by atoms with Crippen LogP contribution in [0.5, 0.6) is 0 Å². The molecule has 1 atom stereocenters. The highest BCUT2D eigenvalue weighted by Gasteiger charge is 2.27. The second kappa shape index (κ2) is 7.46. The number of allylic oxidation sites excluding steroid dienone is 1. The summed E-state index contributed by atoms with van der Waals surface area (Å²) in [5.41, 5.74) is 4.23. The number of aliphatic imine (C=N–C) groups is 2. The minimum atomic E-state index is 0.393. The van der Waals surface area contributed by atoms with E-state index in [1.54, 1.807) is 6.20 Å². The zero-order chi connectivity index (χ0) is 17.9. The average molecular weight is 368 g/mol. The molecule has 0 bridgehead atoms. The number of aromatic nitrogens is 2. The summed E-state index contributed by atoms with van der Waals surface area (Å²) in [5, 5.41) is 0.553. The van der Waals surface area contributed by atoms with Crippen molar-refractivity contribution >= 4 is 28.8 Å². The maximum absolute atomic E-state index is 6.29. The lowest BCUT2D eigenvalue weighted by Crippen LogP contribution is -2.44. The molecule has 1 N–H and O–H groups in total. The first-order valence-corrected chi connectivity index (χ1v) is 9.41. The fraction of sp³-hybridized carbons (Fsp3) is 0.350. The van der Waals surface area contributed by atoms with Gasteiger partial charge in [-0.05, 0) is 25.0 Å². The van der Waals surface area contributed by atoms with Gasteiger partial charge >= 0.3 is 0 Å². The van der Waals surface area contributed by atoms with Gasteiger partial charge in [0.15, 0.2) is 5.84 Å². The fourth-order valence-electron chi connectivity index (χ4n) is 3.46. The lowest BCUT2D eigenvalue weighted by Gasteiger charge is -2.33. The van der Waals surface area contributed by atoms with Crippen LogP contribution in [0.2, 0.25) is 5.15 Å². The van der Waals surface area contributed by atoms with Crippen LogP contribution in [-0.4, -0.2) is 39.5 Å². The van der Waals surface area contributed by atoms with Gasteiger partial charge in [-0.2, -0.15) is 0 Å². The van der Waals surface area contributed by atoms with Crippen LogP contribution in [0.1, 0.15) is 30.9 Å². The molecule has 0 radical (unpaired) electrons. The van der Waals surface area contributed by atoms with E-state index in [0.717, 1.165) is 54.3 Å². The van der Waals surface area contributed by atoms with Crippen LogP contribution in [0.15, 0.2) is 52.9 Å². The van der Waals surface area contributed by atoms with Gasteiger partial charge in [0.2, 0.25) is 0 Å². The van der Waals surface area contributed by atoms with Gasteiger partial charge in [-0.25, -0.2) is 9.98 Å². The second-order valence-corrected chi connectivity index (χ2v) is 7.10. The van der Waals surface area contributed by atoms with Crippen molar-refractivity contribution in [1.82, 2.24) is 14.9 Å². The summed E-state index contributed by atoms with van der Waals surface area (Å²) in [4.78, 5) is 19.5. The number of fused-ring (bicyclic) bond motifs is 1. The Labute approximate surface area is 158 Å². The number of H-pyrrole nitrogens is 1. The Morgan fingerprint density at radius 3 is 3.08 bits per heavy atom. The molecule has 0 fully saturated rings. The van der Waals surface area contributed by atoms with Gasteiger partial charge in [0, 0.05) is 48.7 Å². The Hall–Kier alpha value is -2.40. The summed E-state index contributed by atoms with van der Waals surface area (Å²) in [5.74, 6) is 1.36. The highest BCUT2D eigenvalue weighted by atomic mass is 35.5. The van der Waals surface area contributed by atoms with E-state index in [9.17, 15) is 0 Å². The topological polar surface area (TPSA) is 56.6 Å². The van der Waals surface area contributed by atoms with Crippen LogP contribution >= 0.6 is 11.6 Å². The number of hydrogen-bond donors (Lipinski definition) is 1. The summed E-state index contributed by atoms with van der Waals surface area (Å²) in [6.07, 6.45) is 9.95. The molecule has 26 heavy (non-hydrogen) atoms. The first-order chi connectivity index (χ1) is 12.7. The Kier molecular flexibility index (Phi) is 4.89. The van der Waals surface area contributed by atoms with Gasteiger partial charge in [-0.15, -0.1) is 0 Å². The van der Waals surface area contributed by atoms with Crippen molar-refractivity contribution in [3.8, 4) is 0 Å². The van der Waals surface area contributed by atoms with Crippen LogP contribution in [0.3, 0.4) is 0 Å². The molecule has 4 rings (SSSR count). The summed E-state index contributed by atoms with van der Waals surface area (Å²) in [6, 6.07) is 6.01. The third-order valence-electron chi connectivity index (χ3n) is 4.90. The van der Waals surface area contributed by atoms with E-state index >= 15 is 0 Å². The third kappa shape index (κ3) is 3.44. The van der Waals surface area contributed by atoms with Crippen LogP contribution in [0, 0.1) is 5.92 Å². The maximum atomic E-state index is 6.29. The summed E-state index contributed by atoms with van der Waals surface area (Å²) >= 11 is 6.29. The number of pyridine rings is 1. The average Bonchev–Trinajstić information content (AvgIpc) is 3.16. The molecule has 0 amide bonds. The van der Waals surface area contributed by atoms with E-state index < -0.39 is 0 Å². The molecule has 2 aliphatic rings. The first kappa shape index (κ1) is 17.0. The Bertz CT molecular complexity index is 866. The number of nitrogens with zero attached hydrogens (tertiary/aromatic N) is 4. The lowest BCUT2D eigenvalue weighted by molar-refractivity contribution is 0.416. The van der Waals surface area contributed by atoms with Crippen molar-refractivity contribution in [3.63, 3.8) is 0 Å². The number of rotatable bonds is 3. The molecule has 0 aromatic carbocycles.